The summed E-state index contributed by atoms with van der Waals surface area (Å²) >= 11 is 7.19. The molecule has 7 N–H and O–H groups in total. The van der Waals surface area contributed by atoms with Gasteiger partial charge in [0, 0.05) is 41.7 Å². The summed E-state index contributed by atoms with van der Waals surface area (Å²) in [5.41, 5.74) is 9.92. The van der Waals surface area contributed by atoms with Gasteiger partial charge in [-0.05, 0) is 19.9 Å². The lowest BCUT2D eigenvalue weighted by Gasteiger charge is -2.19. The van der Waals surface area contributed by atoms with Crippen molar-refractivity contribution in [1.29, 1.82) is 0 Å². The number of pyridine rings is 1. The second-order valence-corrected chi connectivity index (χ2v) is 7.47. The van der Waals surface area contributed by atoms with Crippen LogP contribution < -0.4 is 22.7 Å². The van der Waals surface area contributed by atoms with Crippen LogP contribution in [0.5, 0.6) is 0 Å². The van der Waals surface area contributed by atoms with Gasteiger partial charge in [0.1, 0.15) is 10.8 Å². The van der Waals surface area contributed by atoms with Gasteiger partial charge in [-0.25, -0.2) is 15.8 Å². The lowest BCUT2D eigenvalue weighted by Crippen LogP contribution is -2.39. The fourth-order valence-electron chi connectivity index (χ4n) is 2.56. The predicted octanol–water partition coefficient (Wildman–Crippen LogP) is 2.81. The first-order chi connectivity index (χ1) is 15.0. The van der Waals surface area contributed by atoms with Crippen molar-refractivity contribution in [2.24, 2.45) is 16.8 Å². The Labute approximate surface area is 192 Å². The molecule has 1 aliphatic rings. The highest BCUT2D eigenvalue weighted by atomic mass is 35.5. The van der Waals surface area contributed by atoms with E-state index >= 15 is 0 Å². The Morgan fingerprint density at radius 1 is 1.55 bits per heavy atom. The quantitative estimate of drug-likeness (QED) is 0.138. The number of rotatable bonds is 4. The minimum Gasteiger partial charge on any atom is -0.383 e. The number of nitrogen functional groups attached to an aromatic ring is 1. The zero-order valence-electron chi connectivity index (χ0n) is 17.8. The molecule has 2 aromatic rings. The molecule has 0 amide bonds. The monoisotopic (exact) mass is 460 g/mol. The first-order valence-corrected chi connectivity index (χ1v) is 10.7. The van der Waals surface area contributed by atoms with Crippen LogP contribution in [0.1, 0.15) is 30.0 Å². The number of amidine groups is 1. The number of anilines is 1. The molecule has 166 valence electrons. The molecule has 3 heterocycles. The van der Waals surface area contributed by atoms with Crippen LogP contribution in [-0.4, -0.2) is 33.9 Å². The lowest BCUT2D eigenvalue weighted by molar-refractivity contribution is 0.488. The van der Waals surface area contributed by atoms with Crippen LogP contribution >= 0.6 is 22.9 Å². The average molecular weight is 461 g/mol. The maximum atomic E-state index is 6.01. The summed E-state index contributed by atoms with van der Waals surface area (Å²) in [6.07, 6.45) is 10.6. The van der Waals surface area contributed by atoms with Crippen molar-refractivity contribution in [2.45, 2.75) is 26.8 Å². The number of fused-ring (bicyclic) bond motifs is 1. The number of allylic oxidation sites excluding steroid dienone is 1. The number of nitrogens with two attached hydrogens (primary N) is 3. The van der Waals surface area contributed by atoms with E-state index in [0.29, 0.717) is 23.8 Å². The van der Waals surface area contributed by atoms with Crippen LogP contribution in [0, 0.1) is 12.3 Å². The molecule has 8 nitrogen and oxygen atoms in total. The van der Waals surface area contributed by atoms with Crippen molar-refractivity contribution >= 4 is 34.6 Å². The van der Waals surface area contributed by atoms with Crippen LogP contribution in [0.15, 0.2) is 41.6 Å². The van der Waals surface area contributed by atoms with E-state index in [1.807, 2.05) is 13.0 Å². The number of hydrazine groups is 1. The SMILES string of the molecule is C#CC.C=CC.N/N=C(/c1cc(-c2nc3c(s2)CNCC3)cnc1N)N(N)C/C=C/Cl. The van der Waals surface area contributed by atoms with Crippen molar-refractivity contribution in [3.63, 3.8) is 0 Å². The van der Waals surface area contributed by atoms with Gasteiger partial charge in [0.05, 0.1) is 17.8 Å². The molecular weight excluding hydrogens is 432 g/mol. The highest BCUT2D eigenvalue weighted by Crippen LogP contribution is 2.30. The molecule has 3 rings (SSSR count). The molecule has 0 atom stereocenters. The number of nitrogens with zero attached hydrogens (tertiary/aromatic N) is 4. The average Bonchev–Trinajstić information content (AvgIpc) is 3.19. The summed E-state index contributed by atoms with van der Waals surface area (Å²) in [7, 11) is 0. The topological polar surface area (TPSA) is 131 Å². The van der Waals surface area contributed by atoms with Crippen molar-refractivity contribution < 1.29 is 0 Å². The van der Waals surface area contributed by atoms with Crippen LogP contribution in [0.4, 0.5) is 5.82 Å². The van der Waals surface area contributed by atoms with Crippen molar-refractivity contribution in [1.82, 2.24) is 20.3 Å². The number of terminal acetylenes is 1. The van der Waals surface area contributed by atoms with Gasteiger partial charge in [-0.3, -0.25) is 5.01 Å². The van der Waals surface area contributed by atoms with E-state index in [-0.39, 0.29) is 0 Å². The molecule has 0 spiro atoms. The molecule has 0 saturated carbocycles. The van der Waals surface area contributed by atoms with Crippen molar-refractivity contribution in [2.75, 3.05) is 18.8 Å². The highest BCUT2D eigenvalue weighted by molar-refractivity contribution is 7.15. The molecule has 0 unspecified atom stereocenters. The van der Waals surface area contributed by atoms with Gasteiger partial charge in [-0.1, -0.05) is 23.8 Å². The summed E-state index contributed by atoms with van der Waals surface area (Å²) < 4.78 is 0. The molecule has 2 aromatic heterocycles. The predicted molar refractivity (Wildman–Crippen MR) is 132 cm³/mol. The summed E-state index contributed by atoms with van der Waals surface area (Å²) in [5.74, 6) is 14.4. The molecular formula is C21H29ClN8S. The molecule has 10 heteroatoms. The molecule has 0 saturated heterocycles. The van der Waals surface area contributed by atoms with E-state index < -0.39 is 0 Å². The normalized spacial score (nSPS) is 12.5. The Bertz CT molecular complexity index is 922. The Kier molecular flexibility index (Phi) is 11.9. The van der Waals surface area contributed by atoms with Gasteiger partial charge in [0.25, 0.3) is 0 Å². The van der Waals surface area contributed by atoms with Crippen LogP contribution in [0.3, 0.4) is 0 Å². The van der Waals surface area contributed by atoms with Crippen LogP contribution in [0.2, 0.25) is 0 Å². The maximum Gasteiger partial charge on any atom is 0.173 e. The van der Waals surface area contributed by atoms with Crippen LogP contribution in [-0.2, 0) is 13.0 Å². The Morgan fingerprint density at radius 2 is 2.23 bits per heavy atom. The second-order valence-electron chi connectivity index (χ2n) is 6.14. The first-order valence-electron chi connectivity index (χ1n) is 9.42. The van der Waals surface area contributed by atoms with Gasteiger partial charge < -0.3 is 16.9 Å². The van der Waals surface area contributed by atoms with Gasteiger partial charge in [-0.2, -0.15) is 5.10 Å². The lowest BCUT2D eigenvalue weighted by atomic mass is 10.1. The van der Waals surface area contributed by atoms with Crippen LogP contribution in [0.25, 0.3) is 10.6 Å². The van der Waals surface area contributed by atoms with E-state index in [9.17, 15) is 0 Å². The number of hydrogen-bond donors (Lipinski definition) is 4. The number of hydrogen-bond acceptors (Lipinski definition) is 8. The van der Waals surface area contributed by atoms with Gasteiger partial charge in [0.2, 0.25) is 0 Å². The summed E-state index contributed by atoms with van der Waals surface area (Å²) in [4.78, 5) is 10.2. The largest absolute Gasteiger partial charge is 0.383 e. The van der Waals surface area contributed by atoms with E-state index in [1.165, 1.54) is 15.4 Å². The smallest absolute Gasteiger partial charge is 0.173 e. The zero-order chi connectivity index (χ0) is 23.2. The minimum absolute atomic E-state index is 0.293. The third-order valence-electron chi connectivity index (χ3n) is 3.79. The Hall–Kier alpha value is -2.90. The zero-order valence-corrected chi connectivity index (χ0v) is 19.4. The van der Waals surface area contributed by atoms with E-state index in [2.05, 4.69) is 34.3 Å². The number of thiazole rings is 1. The maximum absolute atomic E-state index is 6.01. The van der Waals surface area contributed by atoms with E-state index in [1.54, 1.807) is 36.6 Å². The van der Waals surface area contributed by atoms with E-state index in [4.69, 9.17) is 34.0 Å². The number of aromatic nitrogens is 2. The summed E-state index contributed by atoms with van der Waals surface area (Å²) in [6, 6.07) is 1.86. The van der Waals surface area contributed by atoms with Crippen molar-refractivity contribution in [3.05, 3.63) is 52.7 Å². The number of hydrazone groups is 1. The Balaban J connectivity index is 0.000000720. The summed E-state index contributed by atoms with van der Waals surface area (Å²) in [6.45, 7) is 9.03. The molecule has 0 radical (unpaired) electrons. The van der Waals surface area contributed by atoms with Gasteiger partial charge in [0.15, 0.2) is 5.84 Å². The van der Waals surface area contributed by atoms with Gasteiger partial charge in [-0.15, -0.1) is 30.3 Å². The van der Waals surface area contributed by atoms with Gasteiger partial charge >= 0.3 is 0 Å². The molecule has 1 aliphatic heterocycles. The molecule has 0 bridgehead atoms. The number of halogens is 1. The molecule has 0 aromatic carbocycles. The summed E-state index contributed by atoms with van der Waals surface area (Å²) in [5, 5.41) is 9.36. The van der Waals surface area contributed by atoms with E-state index in [0.717, 1.165) is 35.8 Å². The third-order valence-corrected chi connectivity index (χ3v) is 5.12. The molecule has 0 aliphatic carbocycles. The standard InChI is InChI=1S/C15H19ClN8S.C3H6.C3H4/c16-3-1-5-24(19)14(23-18)10-6-9(7-21-13(10)17)15-22-11-2-4-20-8-12(11)25-15;2*1-3-2/h1,3,6-7,20H,2,4-5,8,18-19H2,(H2,17,21);3H,1H2,2H3;1H,2H3/b3-1+,23-14-;;. The minimum atomic E-state index is 0.293. The van der Waals surface area contributed by atoms with Crippen molar-refractivity contribution in [3.8, 4) is 22.9 Å². The second kappa shape index (κ2) is 14.2. The first kappa shape index (κ1) is 26.1. The fraction of sp³-hybridized carbons (Fsp3) is 0.286. The molecule has 31 heavy (non-hydrogen) atoms. The Morgan fingerprint density at radius 3 is 2.81 bits per heavy atom. The fourth-order valence-corrected chi connectivity index (χ4v) is 3.70. The number of nitrogens with one attached hydrogen (secondary N) is 1. The highest BCUT2D eigenvalue weighted by Gasteiger charge is 2.19. The molecule has 0 fully saturated rings. The third kappa shape index (κ3) is 7.70.